The molecule has 3 atom stereocenters. The zero-order valence-corrected chi connectivity index (χ0v) is 11.3. The van der Waals surface area contributed by atoms with Crippen LogP contribution < -0.4 is 11.1 Å². The summed E-state index contributed by atoms with van der Waals surface area (Å²) in [4.78, 5) is 36.0. The number of carbonyl (C=O) groups is 3. The first-order chi connectivity index (χ1) is 8.86. The van der Waals surface area contributed by atoms with Crippen LogP contribution in [0.15, 0.2) is 0 Å². The fourth-order valence-electron chi connectivity index (χ4n) is 2.21. The van der Waals surface area contributed by atoms with E-state index in [4.69, 9.17) is 5.73 Å². The molecule has 0 aromatic rings. The van der Waals surface area contributed by atoms with Crippen LogP contribution in [0.3, 0.4) is 0 Å². The fourth-order valence-corrected chi connectivity index (χ4v) is 2.21. The van der Waals surface area contributed by atoms with Crippen molar-refractivity contribution in [3.05, 3.63) is 0 Å². The first-order valence-electron chi connectivity index (χ1n) is 6.36. The van der Waals surface area contributed by atoms with E-state index < -0.39 is 24.1 Å². The highest BCUT2D eigenvalue weighted by molar-refractivity contribution is 5.93. The first-order valence-corrected chi connectivity index (χ1v) is 6.36. The molecule has 0 bridgehead atoms. The number of amides is 2. The average molecular weight is 271 g/mol. The molecule has 7 nitrogen and oxygen atoms in total. The maximum atomic E-state index is 12.0. The van der Waals surface area contributed by atoms with Crippen molar-refractivity contribution in [1.29, 1.82) is 0 Å². The lowest BCUT2D eigenvalue weighted by Crippen LogP contribution is -2.53. The van der Waals surface area contributed by atoms with Crippen LogP contribution in [0.25, 0.3) is 0 Å². The van der Waals surface area contributed by atoms with Crippen LogP contribution in [0, 0.1) is 0 Å². The number of primary amides is 1. The number of nitrogens with two attached hydrogens (primary N) is 1. The third-order valence-corrected chi connectivity index (χ3v) is 3.28. The second-order valence-corrected chi connectivity index (χ2v) is 4.92. The summed E-state index contributed by atoms with van der Waals surface area (Å²) in [5.41, 5.74) is 5.04. The summed E-state index contributed by atoms with van der Waals surface area (Å²) in [6, 6.07) is -1.24. The number of hydrogen-bond acceptors (Lipinski definition) is 5. The zero-order chi connectivity index (χ0) is 14.6. The van der Waals surface area contributed by atoms with Gasteiger partial charge in [-0.15, -0.1) is 0 Å². The molecule has 1 fully saturated rings. The number of ketones is 1. The molecule has 7 heteroatoms. The summed E-state index contributed by atoms with van der Waals surface area (Å²) in [5, 5.41) is 12.3. The van der Waals surface area contributed by atoms with Crippen molar-refractivity contribution >= 4 is 17.6 Å². The van der Waals surface area contributed by atoms with E-state index in [0.29, 0.717) is 12.8 Å². The highest BCUT2D eigenvalue weighted by Gasteiger charge is 2.35. The van der Waals surface area contributed by atoms with Gasteiger partial charge in [-0.2, -0.15) is 0 Å². The predicted molar refractivity (Wildman–Crippen MR) is 68.1 cm³/mol. The van der Waals surface area contributed by atoms with Crippen molar-refractivity contribution in [2.24, 2.45) is 5.73 Å². The number of rotatable bonds is 6. The molecular weight excluding hydrogens is 250 g/mol. The minimum Gasteiger partial charge on any atom is -0.381 e. The van der Waals surface area contributed by atoms with Gasteiger partial charge in [0.1, 0.15) is 5.78 Å². The Labute approximate surface area is 112 Å². The topological polar surface area (TPSA) is 113 Å². The highest BCUT2D eigenvalue weighted by atomic mass is 16.3. The number of likely N-dealkylation sites (tertiary alicyclic amines) is 1. The standard InChI is InChI=1S/C12H21N3O4/c1-3-4-8(10(17)11(13)18)14-12(19)9-5-7(16)6-15(9)2/h8-10,17H,3-6H2,1-2H3,(H2,13,18)(H,14,19)/t8?,9-,10?/m0/s1. The Morgan fingerprint density at radius 1 is 1.58 bits per heavy atom. The number of aliphatic hydroxyl groups excluding tert-OH is 1. The van der Waals surface area contributed by atoms with Crippen LogP contribution >= 0.6 is 0 Å². The van der Waals surface area contributed by atoms with Gasteiger partial charge in [-0.05, 0) is 13.5 Å². The van der Waals surface area contributed by atoms with Crippen molar-refractivity contribution in [3.63, 3.8) is 0 Å². The second kappa shape index (κ2) is 6.63. The van der Waals surface area contributed by atoms with Gasteiger partial charge in [-0.3, -0.25) is 19.3 Å². The van der Waals surface area contributed by atoms with E-state index in [0.717, 1.165) is 0 Å². The smallest absolute Gasteiger partial charge is 0.248 e. The molecule has 0 aromatic heterocycles. The summed E-state index contributed by atoms with van der Waals surface area (Å²) >= 11 is 0. The summed E-state index contributed by atoms with van der Waals surface area (Å²) in [6.45, 7) is 2.12. The SMILES string of the molecule is CCCC(NC(=O)[C@@H]1CC(=O)CN1C)C(O)C(N)=O. The van der Waals surface area contributed by atoms with Crippen LogP contribution in [-0.2, 0) is 14.4 Å². The highest BCUT2D eigenvalue weighted by Crippen LogP contribution is 2.13. The number of hydrogen-bond donors (Lipinski definition) is 3. The summed E-state index contributed by atoms with van der Waals surface area (Å²) in [5.74, 6) is -1.22. The van der Waals surface area contributed by atoms with Crippen LogP contribution in [0.5, 0.6) is 0 Å². The lowest BCUT2D eigenvalue weighted by Gasteiger charge is -2.25. The van der Waals surface area contributed by atoms with Crippen molar-refractivity contribution in [2.75, 3.05) is 13.6 Å². The molecule has 1 aliphatic heterocycles. The lowest BCUT2D eigenvalue weighted by molar-refractivity contribution is -0.131. The fraction of sp³-hybridized carbons (Fsp3) is 0.750. The van der Waals surface area contributed by atoms with Gasteiger partial charge in [0.15, 0.2) is 6.10 Å². The maximum absolute atomic E-state index is 12.0. The Morgan fingerprint density at radius 3 is 2.63 bits per heavy atom. The third-order valence-electron chi connectivity index (χ3n) is 3.28. The number of Topliss-reactive ketones (excluding diaryl/α,β-unsaturated/α-hetero) is 1. The summed E-state index contributed by atoms with van der Waals surface area (Å²) in [6.07, 6.45) is -0.116. The predicted octanol–water partition coefficient (Wildman–Crippen LogP) is -1.61. The van der Waals surface area contributed by atoms with Gasteiger partial charge < -0.3 is 16.2 Å². The molecule has 2 unspecified atom stereocenters. The van der Waals surface area contributed by atoms with E-state index in [-0.39, 0.29) is 24.7 Å². The number of carbonyl (C=O) groups excluding carboxylic acids is 3. The van der Waals surface area contributed by atoms with E-state index in [1.54, 1.807) is 11.9 Å². The number of nitrogens with one attached hydrogen (secondary N) is 1. The van der Waals surface area contributed by atoms with Gasteiger partial charge in [-0.25, -0.2) is 0 Å². The van der Waals surface area contributed by atoms with E-state index in [9.17, 15) is 19.5 Å². The molecular formula is C12H21N3O4. The second-order valence-electron chi connectivity index (χ2n) is 4.92. The molecule has 1 heterocycles. The number of aliphatic hydroxyl groups is 1. The average Bonchev–Trinajstić information content (AvgIpc) is 2.66. The number of likely N-dealkylation sites (N-methyl/N-ethyl adjacent to an activating group) is 1. The molecule has 0 saturated carbocycles. The molecule has 19 heavy (non-hydrogen) atoms. The molecule has 1 saturated heterocycles. The zero-order valence-electron chi connectivity index (χ0n) is 11.3. The minimum absolute atomic E-state index is 0.00476. The molecule has 4 N–H and O–H groups in total. The Balaban J connectivity index is 2.66. The Kier molecular flexibility index (Phi) is 5.44. The van der Waals surface area contributed by atoms with Crippen molar-refractivity contribution < 1.29 is 19.5 Å². The minimum atomic E-state index is -1.41. The van der Waals surface area contributed by atoms with E-state index in [2.05, 4.69) is 5.32 Å². The van der Waals surface area contributed by atoms with E-state index in [1.165, 1.54) is 0 Å². The van der Waals surface area contributed by atoms with Crippen LogP contribution in [-0.4, -0.2) is 59.4 Å². The van der Waals surface area contributed by atoms with Gasteiger partial charge in [0.2, 0.25) is 11.8 Å². The number of nitrogens with zero attached hydrogens (tertiary/aromatic N) is 1. The largest absolute Gasteiger partial charge is 0.381 e. The molecule has 1 rings (SSSR count). The Morgan fingerprint density at radius 2 is 2.21 bits per heavy atom. The van der Waals surface area contributed by atoms with Gasteiger partial charge in [0.05, 0.1) is 18.6 Å². The molecule has 1 aliphatic rings. The first kappa shape index (κ1) is 15.6. The Hall–Kier alpha value is -1.47. The molecule has 108 valence electrons. The third kappa shape index (κ3) is 4.00. The van der Waals surface area contributed by atoms with Gasteiger partial charge in [-0.1, -0.05) is 13.3 Å². The molecule has 0 aromatic carbocycles. The summed E-state index contributed by atoms with van der Waals surface area (Å²) < 4.78 is 0. The Bertz CT molecular complexity index is 372. The van der Waals surface area contributed by atoms with Crippen LogP contribution in [0.1, 0.15) is 26.2 Å². The van der Waals surface area contributed by atoms with E-state index in [1.807, 2.05) is 6.92 Å². The van der Waals surface area contributed by atoms with Gasteiger partial charge in [0, 0.05) is 6.42 Å². The van der Waals surface area contributed by atoms with Gasteiger partial charge >= 0.3 is 0 Å². The van der Waals surface area contributed by atoms with Crippen molar-refractivity contribution in [2.45, 2.75) is 44.4 Å². The van der Waals surface area contributed by atoms with Crippen LogP contribution in [0.4, 0.5) is 0 Å². The van der Waals surface area contributed by atoms with Gasteiger partial charge in [0.25, 0.3) is 0 Å². The molecule has 0 aliphatic carbocycles. The molecule has 0 spiro atoms. The van der Waals surface area contributed by atoms with Crippen LogP contribution in [0.2, 0.25) is 0 Å². The lowest BCUT2D eigenvalue weighted by atomic mass is 10.0. The monoisotopic (exact) mass is 271 g/mol. The van der Waals surface area contributed by atoms with Crippen molar-refractivity contribution in [1.82, 2.24) is 10.2 Å². The van der Waals surface area contributed by atoms with E-state index >= 15 is 0 Å². The summed E-state index contributed by atoms with van der Waals surface area (Å²) in [7, 11) is 1.69. The quantitative estimate of drug-likeness (QED) is 0.538. The maximum Gasteiger partial charge on any atom is 0.248 e. The normalized spacial score (nSPS) is 23.1. The van der Waals surface area contributed by atoms with Crippen molar-refractivity contribution in [3.8, 4) is 0 Å². The molecule has 2 amide bonds. The molecule has 0 radical (unpaired) electrons.